The van der Waals surface area contributed by atoms with Crippen molar-refractivity contribution in [2.75, 3.05) is 39.4 Å². The van der Waals surface area contributed by atoms with Crippen LogP contribution in [-0.4, -0.2) is 94.6 Å². The molecule has 3 unspecified atom stereocenters. The van der Waals surface area contributed by atoms with Gasteiger partial charge in [-0.25, -0.2) is 4.79 Å². The van der Waals surface area contributed by atoms with Gasteiger partial charge in [0.05, 0.1) is 17.3 Å². The second-order valence-electron chi connectivity index (χ2n) is 14.5. The zero-order chi connectivity index (χ0) is 30.7. The summed E-state index contributed by atoms with van der Waals surface area (Å²) in [6.45, 7) is 9.74. The van der Waals surface area contributed by atoms with Crippen LogP contribution in [0.4, 0.5) is 4.79 Å². The van der Waals surface area contributed by atoms with Crippen molar-refractivity contribution in [2.45, 2.75) is 108 Å². The van der Waals surface area contributed by atoms with E-state index in [2.05, 4.69) is 63.3 Å². The summed E-state index contributed by atoms with van der Waals surface area (Å²) in [6, 6.07) is 11.3. The Labute approximate surface area is 263 Å². The Morgan fingerprint density at radius 2 is 1.84 bits per heavy atom. The highest BCUT2D eigenvalue weighted by atomic mass is 16.5. The molecule has 3 saturated heterocycles. The lowest BCUT2D eigenvalue weighted by molar-refractivity contribution is -0.126. The first-order valence-corrected chi connectivity index (χ1v) is 17.3. The number of amides is 3. The number of hydrogen-bond donors (Lipinski definition) is 2. The number of carbonyl (C=O) groups is 2. The number of carbonyl (C=O) groups excluding carboxylic acids is 2. The van der Waals surface area contributed by atoms with Gasteiger partial charge in [0.25, 0.3) is 0 Å². The molecule has 9 nitrogen and oxygen atoms in total. The van der Waals surface area contributed by atoms with Crippen molar-refractivity contribution in [1.82, 2.24) is 20.0 Å². The van der Waals surface area contributed by atoms with E-state index in [0.29, 0.717) is 30.7 Å². The van der Waals surface area contributed by atoms with Gasteiger partial charge in [-0.2, -0.15) is 0 Å². The van der Waals surface area contributed by atoms with Crippen LogP contribution in [0.2, 0.25) is 0 Å². The monoisotopic (exact) mass is 607 g/mol. The Morgan fingerprint density at radius 1 is 1.09 bits per heavy atom. The van der Waals surface area contributed by atoms with Gasteiger partial charge in [0.2, 0.25) is 5.91 Å². The number of urea groups is 1. The van der Waals surface area contributed by atoms with Crippen LogP contribution in [0, 0.1) is 17.8 Å². The average molecular weight is 608 g/mol. The Morgan fingerprint density at radius 3 is 2.55 bits per heavy atom. The van der Waals surface area contributed by atoms with Crippen molar-refractivity contribution in [3.8, 4) is 0 Å². The van der Waals surface area contributed by atoms with Crippen molar-refractivity contribution < 1.29 is 19.5 Å². The van der Waals surface area contributed by atoms with E-state index in [4.69, 9.17) is 9.94 Å². The minimum absolute atomic E-state index is 0.0354. The molecule has 2 saturated carbocycles. The molecule has 6 rings (SSSR count). The number of piperidine rings is 1. The van der Waals surface area contributed by atoms with Crippen LogP contribution in [0.15, 0.2) is 35.5 Å². The third kappa shape index (κ3) is 6.64. The van der Waals surface area contributed by atoms with E-state index in [-0.39, 0.29) is 35.5 Å². The Bertz CT molecular complexity index is 1160. The van der Waals surface area contributed by atoms with Gasteiger partial charge in [0.1, 0.15) is 0 Å². The zero-order valence-corrected chi connectivity index (χ0v) is 26.8. The first kappa shape index (κ1) is 31.3. The normalized spacial score (nSPS) is 30.7. The molecular weight excluding hydrogens is 554 g/mol. The number of rotatable bonds is 9. The molecule has 9 heteroatoms. The largest absolute Gasteiger partial charge is 0.411 e. The summed E-state index contributed by atoms with van der Waals surface area (Å²) in [5, 5.41) is 15.9. The van der Waals surface area contributed by atoms with Crippen molar-refractivity contribution >= 4 is 17.6 Å². The number of fused-ring (bicyclic) bond motifs is 1. The summed E-state index contributed by atoms with van der Waals surface area (Å²) in [6.07, 6.45) is 10.4. The number of nitrogens with zero attached hydrogens (tertiary/aromatic N) is 4. The van der Waals surface area contributed by atoms with E-state index in [1.165, 1.54) is 12.8 Å². The molecular formula is C35H53N5O4. The van der Waals surface area contributed by atoms with Crippen LogP contribution in [0.3, 0.4) is 0 Å². The summed E-state index contributed by atoms with van der Waals surface area (Å²) in [4.78, 5) is 34.4. The third-order valence-electron chi connectivity index (χ3n) is 11.4. The van der Waals surface area contributed by atoms with Crippen LogP contribution in [0.1, 0.15) is 96.1 Å². The van der Waals surface area contributed by atoms with E-state index in [0.717, 1.165) is 95.6 Å². The molecule has 1 spiro atoms. The molecule has 1 aromatic carbocycles. The van der Waals surface area contributed by atoms with Gasteiger partial charge >= 0.3 is 6.03 Å². The minimum atomic E-state index is -0.0842. The minimum Gasteiger partial charge on any atom is -0.411 e. The van der Waals surface area contributed by atoms with Crippen LogP contribution in [0.25, 0.3) is 0 Å². The molecule has 0 bridgehead atoms. The fourth-order valence-corrected chi connectivity index (χ4v) is 9.22. The molecule has 0 radical (unpaired) electrons. The molecule has 3 aliphatic heterocycles. The zero-order valence-electron chi connectivity index (χ0n) is 26.8. The summed E-state index contributed by atoms with van der Waals surface area (Å²) >= 11 is 0. The van der Waals surface area contributed by atoms with E-state index < -0.39 is 0 Å². The molecule has 5 aliphatic rings. The second-order valence-corrected chi connectivity index (χ2v) is 14.5. The quantitative estimate of drug-likeness (QED) is 0.288. The molecule has 44 heavy (non-hydrogen) atoms. The van der Waals surface area contributed by atoms with E-state index >= 15 is 0 Å². The lowest BCUT2D eigenvalue weighted by Gasteiger charge is -2.39. The highest BCUT2D eigenvalue weighted by Crippen LogP contribution is 2.49. The Hall–Kier alpha value is -2.65. The van der Waals surface area contributed by atoms with Crippen LogP contribution >= 0.6 is 0 Å². The number of nitrogens with one attached hydrogen (secondary N) is 1. The lowest BCUT2D eigenvalue weighted by atomic mass is 9.87. The molecule has 3 heterocycles. The molecule has 3 amide bonds. The van der Waals surface area contributed by atoms with Gasteiger partial charge in [-0.3, -0.25) is 9.69 Å². The fourth-order valence-electron chi connectivity index (χ4n) is 9.22. The number of likely N-dealkylation sites (tertiary alicyclic amines) is 1. The van der Waals surface area contributed by atoms with Crippen LogP contribution in [0.5, 0.6) is 0 Å². The molecule has 5 fully saturated rings. The summed E-state index contributed by atoms with van der Waals surface area (Å²) in [5.74, 6) is 1.23. The van der Waals surface area contributed by atoms with Gasteiger partial charge in [0, 0.05) is 50.8 Å². The number of ether oxygens (including phenoxy) is 1. The third-order valence-corrected chi connectivity index (χ3v) is 11.4. The van der Waals surface area contributed by atoms with Crippen molar-refractivity contribution in [2.24, 2.45) is 22.9 Å². The maximum Gasteiger partial charge on any atom is 0.320 e. The first-order chi connectivity index (χ1) is 21.4. The molecule has 1 aromatic rings. The van der Waals surface area contributed by atoms with Gasteiger partial charge in [-0.15, -0.1) is 0 Å². The van der Waals surface area contributed by atoms with E-state index in [1.54, 1.807) is 0 Å². The molecule has 2 aliphatic carbocycles. The first-order valence-electron chi connectivity index (χ1n) is 17.3. The highest BCUT2D eigenvalue weighted by Gasteiger charge is 2.58. The molecule has 4 atom stereocenters. The number of hydrogen-bond acceptors (Lipinski definition) is 6. The van der Waals surface area contributed by atoms with Gasteiger partial charge < -0.3 is 25.1 Å². The molecule has 2 N–H and O–H groups in total. The summed E-state index contributed by atoms with van der Waals surface area (Å²) < 4.78 is 5.59. The standard InChI is InChI=1S/C35H53N5O4/c1-25(2)40-34(42)39(23-26-15-19-44-20-16-26)24-35(40)21-29-9-6-17-38(32(29)22-35)18-14-31(27-7-4-3-5-8-27)36-33(41)28-10-12-30(37-43)13-11-28/h3-5,7-8,25-26,28-29,31-32,43H,6,9-24H2,1-2H3,(H,36,41)/t28?,29?,31-,32?,35?/m0/s1. The predicted octanol–water partition coefficient (Wildman–Crippen LogP) is 5.44. The van der Waals surface area contributed by atoms with Gasteiger partial charge in [0.15, 0.2) is 0 Å². The highest BCUT2D eigenvalue weighted by molar-refractivity contribution is 5.87. The maximum absolute atomic E-state index is 13.9. The molecule has 242 valence electrons. The topological polar surface area (TPSA) is 97.7 Å². The molecule has 0 aromatic heterocycles. The fraction of sp³-hybridized carbons (Fsp3) is 0.743. The predicted molar refractivity (Wildman–Crippen MR) is 171 cm³/mol. The van der Waals surface area contributed by atoms with Crippen molar-refractivity contribution in [3.05, 3.63) is 35.9 Å². The number of benzene rings is 1. The lowest BCUT2D eigenvalue weighted by Crippen LogP contribution is -2.50. The maximum atomic E-state index is 13.9. The van der Waals surface area contributed by atoms with Gasteiger partial charge in [-0.1, -0.05) is 35.5 Å². The second kappa shape index (κ2) is 13.8. The average Bonchev–Trinajstić information content (AvgIpc) is 3.55. The van der Waals surface area contributed by atoms with Crippen molar-refractivity contribution in [1.29, 1.82) is 0 Å². The Balaban J connectivity index is 1.13. The van der Waals surface area contributed by atoms with Gasteiger partial charge in [-0.05, 0) is 108 Å². The van der Waals surface area contributed by atoms with Crippen LogP contribution in [-0.2, 0) is 9.53 Å². The number of oxime groups is 1. The Kier molecular flexibility index (Phi) is 9.81. The summed E-state index contributed by atoms with van der Waals surface area (Å²) in [7, 11) is 0. The van der Waals surface area contributed by atoms with E-state index in [1.807, 2.05) is 6.07 Å². The SMILES string of the molecule is CC(C)N1C(=O)N(CC2CCOCC2)CC12CC1CCCN(CC[C@H](NC(=O)C3CCC(=NO)CC3)c3ccccc3)C1C2. The van der Waals surface area contributed by atoms with E-state index in [9.17, 15) is 9.59 Å². The van der Waals surface area contributed by atoms with Crippen LogP contribution < -0.4 is 5.32 Å². The van der Waals surface area contributed by atoms with Crippen molar-refractivity contribution in [3.63, 3.8) is 0 Å². The summed E-state index contributed by atoms with van der Waals surface area (Å²) in [5.41, 5.74) is 1.87. The smallest absolute Gasteiger partial charge is 0.320 e.